The molecule has 0 fully saturated rings. The third-order valence-electron chi connectivity index (χ3n) is 11.7. The number of phenolic OH excluding ortho intramolecular Hbond substituents is 3. The summed E-state index contributed by atoms with van der Waals surface area (Å²) in [5.41, 5.74) is 11.8. The van der Waals surface area contributed by atoms with Crippen molar-refractivity contribution >= 4 is 11.4 Å². The molecule has 5 nitrogen and oxygen atoms in total. The summed E-state index contributed by atoms with van der Waals surface area (Å²) in [6, 6.07) is 31.3. The predicted molar refractivity (Wildman–Crippen MR) is 223 cm³/mol. The van der Waals surface area contributed by atoms with Gasteiger partial charge in [-0.25, -0.2) is 0 Å². The van der Waals surface area contributed by atoms with E-state index >= 15 is 0 Å². The minimum atomic E-state index is -0.0290. The minimum absolute atomic E-state index is 0.0159. The molecule has 5 heteroatoms. The maximum absolute atomic E-state index is 11.7. The van der Waals surface area contributed by atoms with Crippen LogP contribution >= 0.6 is 0 Å². The molecule has 0 aliphatic rings. The lowest BCUT2D eigenvalue weighted by Gasteiger charge is -2.31. The van der Waals surface area contributed by atoms with Gasteiger partial charge < -0.3 is 25.1 Å². The van der Waals surface area contributed by atoms with Crippen LogP contribution < -0.4 is 9.80 Å². The van der Waals surface area contributed by atoms with Crippen molar-refractivity contribution in [2.24, 2.45) is 0 Å². The van der Waals surface area contributed by atoms with Crippen LogP contribution in [0.3, 0.4) is 0 Å². The largest absolute Gasteiger partial charge is 0.507 e. The Morgan fingerprint density at radius 1 is 0.472 bits per heavy atom. The summed E-state index contributed by atoms with van der Waals surface area (Å²) in [6.45, 7) is 23.5. The van der Waals surface area contributed by atoms with E-state index in [0.29, 0.717) is 43.4 Å². The summed E-state index contributed by atoms with van der Waals surface area (Å²) in [7, 11) is 0. The molecule has 53 heavy (non-hydrogen) atoms. The van der Waals surface area contributed by atoms with Crippen LogP contribution in [0.2, 0.25) is 0 Å². The van der Waals surface area contributed by atoms with Crippen LogP contribution in [0, 0.1) is 27.7 Å². The van der Waals surface area contributed by atoms with Crippen LogP contribution in [0.1, 0.15) is 110 Å². The molecule has 5 rings (SSSR count). The summed E-state index contributed by atoms with van der Waals surface area (Å²) in [5, 5.41) is 34.4. The summed E-state index contributed by atoms with van der Waals surface area (Å²) in [4.78, 5) is 4.57. The number of benzene rings is 5. The first kappa shape index (κ1) is 39.3. The molecule has 0 bridgehead atoms. The molecule has 0 saturated heterocycles. The Morgan fingerprint density at radius 2 is 0.849 bits per heavy atom. The van der Waals surface area contributed by atoms with Gasteiger partial charge in [0.15, 0.2) is 0 Å². The molecule has 280 valence electrons. The van der Waals surface area contributed by atoms with Crippen molar-refractivity contribution in [1.82, 2.24) is 0 Å². The Hall–Kier alpha value is -4.90. The van der Waals surface area contributed by atoms with E-state index in [0.717, 1.165) is 68.7 Å². The molecule has 0 saturated carbocycles. The van der Waals surface area contributed by atoms with Gasteiger partial charge in [0.2, 0.25) is 0 Å². The van der Waals surface area contributed by atoms with E-state index in [4.69, 9.17) is 0 Å². The fourth-order valence-corrected chi connectivity index (χ4v) is 7.10. The first-order valence-corrected chi connectivity index (χ1v) is 19.1. The van der Waals surface area contributed by atoms with Gasteiger partial charge in [-0.1, -0.05) is 96.1 Å². The van der Waals surface area contributed by atoms with E-state index in [2.05, 4.69) is 125 Å². The van der Waals surface area contributed by atoms with Crippen molar-refractivity contribution in [3.63, 3.8) is 0 Å². The Labute approximate surface area is 318 Å². The molecule has 0 aliphatic carbocycles. The van der Waals surface area contributed by atoms with Crippen LogP contribution in [0.15, 0.2) is 91.0 Å². The molecule has 0 unspecified atom stereocenters. The number of hydrogen-bond donors (Lipinski definition) is 3. The van der Waals surface area contributed by atoms with E-state index in [1.54, 1.807) is 0 Å². The van der Waals surface area contributed by atoms with Gasteiger partial charge in [-0.05, 0) is 127 Å². The topological polar surface area (TPSA) is 67.2 Å². The molecular weight excluding hydrogens is 653 g/mol. The Kier molecular flexibility index (Phi) is 11.9. The Morgan fingerprint density at radius 3 is 1.26 bits per heavy atom. The molecule has 3 N–H and O–H groups in total. The average Bonchev–Trinajstić information content (AvgIpc) is 3.15. The standard InChI is InChI=1S/C48H60N2O3/c1-11-47(7,8)39-24-33(4)44(51)37(26-39)29-49(41-19-15-13-16-20-41)28-36-23-32(3)46(53)43(35(36)6)31-50(42-21-17-14-18-22-42)30-38-27-40(48(9,10)12-2)25-34(5)45(38)52/h13-27,51-53H,11-12,28-31H2,1-10H3. The monoisotopic (exact) mass is 712 g/mol. The second-order valence-corrected chi connectivity index (χ2v) is 16.3. The highest BCUT2D eigenvalue weighted by Gasteiger charge is 2.25. The Balaban J connectivity index is 1.57. The molecule has 5 aromatic carbocycles. The number of hydrogen-bond acceptors (Lipinski definition) is 5. The van der Waals surface area contributed by atoms with Crippen molar-refractivity contribution in [3.05, 3.63) is 147 Å². The van der Waals surface area contributed by atoms with Crippen molar-refractivity contribution in [3.8, 4) is 17.2 Å². The summed E-state index contributed by atoms with van der Waals surface area (Å²) >= 11 is 0. The van der Waals surface area contributed by atoms with Crippen LogP contribution in [-0.4, -0.2) is 15.3 Å². The Bertz CT molecular complexity index is 2030. The highest BCUT2D eigenvalue weighted by atomic mass is 16.3. The lowest BCUT2D eigenvalue weighted by molar-refractivity contribution is 0.456. The van der Waals surface area contributed by atoms with Crippen molar-refractivity contribution < 1.29 is 15.3 Å². The number of aryl methyl sites for hydroxylation is 3. The van der Waals surface area contributed by atoms with Crippen LogP contribution in [0.4, 0.5) is 11.4 Å². The van der Waals surface area contributed by atoms with Gasteiger partial charge in [-0.2, -0.15) is 0 Å². The zero-order valence-electron chi connectivity index (χ0n) is 33.6. The van der Waals surface area contributed by atoms with Gasteiger partial charge in [-0.3, -0.25) is 0 Å². The highest BCUT2D eigenvalue weighted by molar-refractivity contribution is 5.57. The molecule has 0 atom stereocenters. The minimum Gasteiger partial charge on any atom is -0.507 e. The van der Waals surface area contributed by atoms with E-state index in [1.807, 2.05) is 45.0 Å². The van der Waals surface area contributed by atoms with Gasteiger partial charge in [0.1, 0.15) is 17.2 Å². The molecule has 0 amide bonds. The SMILES string of the molecule is CCC(C)(C)c1cc(C)c(O)c(CN(Cc2cc(C)c(O)c(CN(Cc3cc(C(C)(C)CC)cc(C)c3O)c3ccccc3)c2C)c2ccccc2)c1. The summed E-state index contributed by atoms with van der Waals surface area (Å²) < 4.78 is 0. The zero-order valence-corrected chi connectivity index (χ0v) is 33.6. The highest BCUT2D eigenvalue weighted by Crippen LogP contribution is 2.38. The molecule has 0 spiro atoms. The van der Waals surface area contributed by atoms with Gasteiger partial charge in [0, 0.05) is 54.2 Å². The van der Waals surface area contributed by atoms with E-state index in [-0.39, 0.29) is 10.8 Å². The molecular formula is C48H60N2O3. The van der Waals surface area contributed by atoms with Crippen LogP contribution in [0.25, 0.3) is 0 Å². The third-order valence-corrected chi connectivity index (χ3v) is 11.7. The van der Waals surface area contributed by atoms with Crippen molar-refractivity contribution in [2.75, 3.05) is 9.80 Å². The first-order valence-electron chi connectivity index (χ1n) is 19.1. The predicted octanol–water partition coefficient (Wildman–Crippen LogP) is 11.8. The number of para-hydroxylation sites is 2. The fraction of sp³-hybridized carbons (Fsp3) is 0.375. The second-order valence-electron chi connectivity index (χ2n) is 16.3. The molecule has 5 aromatic rings. The second kappa shape index (κ2) is 16.0. The number of anilines is 2. The van der Waals surface area contributed by atoms with E-state index in [1.165, 1.54) is 11.1 Å². The summed E-state index contributed by atoms with van der Waals surface area (Å²) in [6.07, 6.45) is 1.98. The smallest absolute Gasteiger partial charge is 0.123 e. The molecule has 0 heterocycles. The molecule has 0 aliphatic heterocycles. The lowest BCUT2D eigenvalue weighted by Crippen LogP contribution is -2.26. The third kappa shape index (κ3) is 8.67. The molecule has 0 radical (unpaired) electrons. The van der Waals surface area contributed by atoms with Crippen LogP contribution in [0.5, 0.6) is 17.2 Å². The maximum Gasteiger partial charge on any atom is 0.123 e. The lowest BCUT2D eigenvalue weighted by atomic mass is 9.80. The quantitative estimate of drug-likeness (QED) is 0.107. The first-order chi connectivity index (χ1) is 25.1. The molecule has 0 aromatic heterocycles. The normalized spacial score (nSPS) is 11.9. The van der Waals surface area contributed by atoms with E-state index < -0.39 is 0 Å². The van der Waals surface area contributed by atoms with Crippen molar-refractivity contribution in [1.29, 1.82) is 0 Å². The zero-order chi connectivity index (χ0) is 38.7. The number of phenols is 3. The average molecular weight is 713 g/mol. The van der Waals surface area contributed by atoms with Gasteiger partial charge in [0.25, 0.3) is 0 Å². The summed E-state index contributed by atoms with van der Waals surface area (Å²) in [5.74, 6) is 0.947. The van der Waals surface area contributed by atoms with E-state index in [9.17, 15) is 15.3 Å². The van der Waals surface area contributed by atoms with Gasteiger partial charge in [-0.15, -0.1) is 0 Å². The van der Waals surface area contributed by atoms with Gasteiger partial charge >= 0.3 is 0 Å². The maximum atomic E-state index is 11.7. The van der Waals surface area contributed by atoms with Crippen LogP contribution in [-0.2, 0) is 37.0 Å². The fourth-order valence-electron chi connectivity index (χ4n) is 7.10. The van der Waals surface area contributed by atoms with Crippen molar-refractivity contribution in [2.45, 2.75) is 119 Å². The number of aromatic hydroxyl groups is 3. The van der Waals surface area contributed by atoms with Gasteiger partial charge in [0.05, 0.1) is 0 Å². The number of nitrogens with zero attached hydrogens (tertiary/aromatic N) is 2. The number of rotatable bonds is 14.